The van der Waals surface area contributed by atoms with E-state index in [4.69, 9.17) is 9.90 Å². The third kappa shape index (κ3) is 4.25. The lowest BCUT2D eigenvalue weighted by atomic mass is 10.1. The van der Waals surface area contributed by atoms with Crippen molar-refractivity contribution in [2.24, 2.45) is 0 Å². The minimum Gasteiger partial charge on any atom is -0.483 e. The summed E-state index contributed by atoms with van der Waals surface area (Å²) in [6.45, 7) is 3.75. The van der Waals surface area contributed by atoms with Crippen molar-refractivity contribution >= 4 is 33.9 Å². The molecule has 0 radical (unpaired) electrons. The van der Waals surface area contributed by atoms with Gasteiger partial charge in [0.15, 0.2) is 5.01 Å². The van der Waals surface area contributed by atoms with Gasteiger partial charge in [-0.2, -0.15) is 0 Å². The molecule has 0 unspecified atom stereocenters. The summed E-state index contributed by atoms with van der Waals surface area (Å²) in [7, 11) is 0. The number of carbonyl (C=O) groups is 2. The predicted molar refractivity (Wildman–Crippen MR) is 86.4 cm³/mol. The number of nitrogens with one attached hydrogen (secondary N) is 2. The van der Waals surface area contributed by atoms with Crippen LogP contribution in [0.25, 0.3) is 10.2 Å². The fourth-order valence-electron chi connectivity index (χ4n) is 2.34. The van der Waals surface area contributed by atoms with Gasteiger partial charge in [-0.15, -0.1) is 11.3 Å². The smallest absolute Gasteiger partial charge is 0.290 e. The molecule has 3 rings (SSSR count). The molecule has 118 valence electrons. The number of amides is 1. The molecule has 6 nitrogen and oxygen atoms in total. The molecule has 2 aromatic rings. The molecule has 1 aromatic carbocycles. The SMILES string of the molecule is Cc1ccc2nc(C(=O)NC3CCNCC3)sc2c1.O=CO. The summed E-state index contributed by atoms with van der Waals surface area (Å²) in [6, 6.07) is 6.36. The van der Waals surface area contributed by atoms with Gasteiger partial charge in [0.05, 0.1) is 10.2 Å². The van der Waals surface area contributed by atoms with Crippen molar-refractivity contribution in [2.75, 3.05) is 13.1 Å². The van der Waals surface area contributed by atoms with E-state index >= 15 is 0 Å². The Labute approximate surface area is 132 Å². The van der Waals surface area contributed by atoms with Crippen molar-refractivity contribution in [1.82, 2.24) is 15.6 Å². The fourth-order valence-corrected chi connectivity index (χ4v) is 3.31. The van der Waals surface area contributed by atoms with E-state index in [2.05, 4.69) is 21.7 Å². The largest absolute Gasteiger partial charge is 0.483 e. The first-order valence-corrected chi connectivity index (χ1v) is 7.92. The van der Waals surface area contributed by atoms with Crippen molar-refractivity contribution in [2.45, 2.75) is 25.8 Å². The van der Waals surface area contributed by atoms with E-state index in [0.717, 1.165) is 36.1 Å². The lowest BCUT2D eigenvalue weighted by molar-refractivity contribution is -0.122. The lowest BCUT2D eigenvalue weighted by Gasteiger charge is -2.23. The zero-order valence-corrected chi connectivity index (χ0v) is 13.2. The van der Waals surface area contributed by atoms with Crippen molar-refractivity contribution in [3.05, 3.63) is 28.8 Å². The Bertz CT molecular complexity index is 651. The summed E-state index contributed by atoms with van der Waals surface area (Å²) in [5.41, 5.74) is 2.10. The summed E-state index contributed by atoms with van der Waals surface area (Å²) >= 11 is 1.47. The topological polar surface area (TPSA) is 91.3 Å². The summed E-state index contributed by atoms with van der Waals surface area (Å²) < 4.78 is 1.08. The van der Waals surface area contributed by atoms with Gasteiger partial charge in [0.25, 0.3) is 12.4 Å². The van der Waals surface area contributed by atoms with Crippen LogP contribution in [-0.4, -0.2) is 41.6 Å². The van der Waals surface area contributed by atoms with Crippen LogP contribution in [0.15, 0.2) is 18.2 Å². The maximum atomic E-state index is 12.2. The van der Waals surface area contributed by atoms with Crippen molar-refractivity contribution in [3.8, 4) is 0 Å². The number of aryl methyl sites for hydroxylation is 1. The number of rotatable bonds is 2. The highest BCUT2D eigenvalue weighted by Crippen LogP contribution is 2.23. The van der Waals surface area contributed by atoms with Gasteiger partial charge in [-0.05, 0) is 50.6 Å². The van der Waals surface area contributed by atoms with E-state index in [1.54, 1.807) is 0 Å². The molecule has 1 saturated heterocycles. The van der Waals surface area contributed by atoms with Crippen LogP contribution in [0.3, 0.4) is 0 Å². The molecule has 1 aliphatic rings. The number of piperidine rings is 1. The zero-order valence-electron chi connectivity index (χ0n) is 12.3. The summed E-state index contributed by atoms with van der Waals surface area (Å²) in [4.78, 5) is 25.0. The standard InChI is InChI=1S/C14H17N3OS.CH2O2/c1-9-2-3-11-12(8-9)19-14(17-11)13(18)16-10-4-6-15-7-5-10;2-1-3/h2-3,8,10,15H,4-7H2,1H3,(H,16,18);1H,(H,2,3). The summed E-state index contributed by atoms with van der Waals surface area (Å²) in [5.74, 6) is -0.0363. The van der Waals surface area contributed by atoms with Gasteiger partial charge in [0.1, 0.15) is 0 Å². The van der Waals surface area contributed by atoms with E-state index < -0.39 is 0 Å². The maximum Gasteiger partial charge on any atom is 0.290 e. The second-order valence-electron chi connectivity index (χ2n) is 5.09. The average molecular weight is 321 g/mol. The minimum absolute atomic E-state index is 0.0363. The van der Waals surface area contributed by atoms with E-state index in [0.29, 0.717) is 5.01 Å². The van der Waals surface area contributed by atoms with Crippen molar-refractivity contribution in [1.29, 1.82) is 0 Å². The predicted octanol–water partition coefficient (Wildman–Crippen LogP) is 1.79. The monoisotopic (exact) mass is 321 g/mol. The molecule has 1 aromatic heterocycles. The molecule has 1 amide bonds. The maximum absolute atomic E-state index is 12.2. The third-order valence-corrected chi connectivity index (χ3v) is 4.43. The number of carbonyl (C=O) groups excluding carboxylic acids is 1. The first-order chi connectivity index (χ1) is 10.6. The van der Waals surface area contributed by atoms with Gasteiger partial charge < -0.3 is 15.7 Å². The number of aromatic nitrogens is 1. The second-order valence-corrected chi connectivity index (χ2v) is 6.12. The lowest BCUT2D eigenvalue weighted by Crippen LogP contribution is -2.42. The first kappa shape index (κ1) is 16.4. The zero-order chi connectivity index (χ0) is 15.9. The quantitative estimate of drug-likeness (QED) is 0.734. The van der Waals surface area contributed by atoms with Gasteiger partial charge in [0, 0.05) is 6.04 Å². The second kappa shape index (κ2) is 7.86. The Morgan fingerprint density at radius 1 is 1.45 bits per heavy atom. The number of hydrogen-bond acceptors (Lipinski definition) is 5. The molecule has 3 N–H and O–H groups in total. The van der Waals surface area contributed by atoms with Gasteiger partial charge >= 0.3 is 0 Å². The van der Waals surface area contributed by atoms with Crippen molar-refractivity contribution in [3.63, 3.8) is 0 Å². The highest BCUT2D eigenvalue weighted by atomic mass is 32.1. The summed E-state index contributed by atoms with van der Waals surface area (Å²) in [5, 5.41) is 13.8. The number of nitrogens with zero attached hydrogens (tertiary/aromatic N) is 1. The Morgan fingerprint density at radius 3 is 2.82 bits per heavy atom. The van der Waals surface area contributed by atoms with Crippen LogP contribution in [0.2, 0.25) is 0 Å². The van der Waals surface area contributed by atoms with Crippen LogP contribution in [0.5, 0.6) is 0 Å². The van der Waals surface area contributed by atoms with E-state index in [-0.39, 0.29) is 18.4 Å². The molecule has 0 aliphatic carbocycles. The fraction of sp³-hybridized carbons (Fsp3) is 0.400. The number of hydrogen-bond donors (Lipinski definition) is 3. The van der Waals surface area contributed by atoms with Crippen LogP contribution >= 0.6 is 11.3 Å². The van der Waals surface area contributed by atoms with Crippen LogP contribution in [0.1, 0.15) is 28.2 Å². The van der Waals surface area contributed by atoms with Crippen LogP contribution in [0.4, 0.5) is 0 Å². The molecule has 7 heteroatoms. The molecular formula is C15H19N3O3S. The number of carboxylic acid groups (broad SMARTS) is 1. The molecule has 0 saturated carbocycles. The Morgan fingerprint density at radius 2 is 2.14 bits per heavy atom. The first-order valence-electron chi connectivity index (χ1n) is 7.10. The van der Waals surface area contributed by atoms with Gasteiger partial charge in [-0.25, -0.2) is 4.98 Å². The highest BCUT2D eigenvalue weighted by Gasteiger charge is 2.18. The molecule has 1 fully saturated rings. The van der Waals surface area contributed by atoms with Gasteiger partial charge in [-0.3, -0.25) is 9.59 Å². The van der Waals surface area contributed by atoms with Crippen molar-refractivity contribution < 1.29 is 14.7 Å². The minimum atomic E-state index is -0.250. The van der Waals surface area contributed by atoms with E-state index in [1.165, 1.54) is 16.9 Å². The Balaban J connectivity index is 0.000000545. The third-order valence-electron chi connectivity index (χ3n) is 3.41. The van der Waals surface area contributed by atoms with Crippen LogP contribution in [-0.2, 0) is 4.79 Å². The molecule has 0 bridgehead atoms. The van der Waals surface area contributed by atoms with Crippen LogP contribution in [0, 0.1) is 6.92 Å². The average Bonchev–Trinajstić information content (AvgIpc) is 2.92. The number of benzene rings is 1. The summed E-state index contributed by atoms with van der Waals surface area (Å²) in [6.07, 6.45) is 1.99. The molecule has 1 aliphatic heterocycles. The number of thiazole rings is 1. The molecule has 22 heavy (non-hydrogen) atoms. The van der Waals surface area contributed by atoms with E-state index in [1.807, 2.05) is 19.1 Å². The van der Waals surface area contributed by atoms with Crippen LogP contribution < -0.4 is 10.6 Å². The van der Waals surface area contributed by atoms with E-state index in [9.17, 15) is 4.79 Å². The molecular weight excluding hydrogens is 302 g/mol. The molecule has 2 heterocycles. The molecule has 0 spiro atoms. The van der Waals surface area contributed by atoms with Gasteiger partial charge in [-0.1, -0.05) is 6.07 Å². The number of fused-ring (bicyclic) bond motifs is 1. The highest BCUT2D eigenvalue weighted by molar-refractivity contribution is 7.20. The van der Waals surface area contributed by atoms with Gasteiger partial charge in [0.2, 0.25) is 0 Å². The Hall–Kier alpha value is -1.99. The normalized spacial score (nSPS) is 15.0. The molecule has 0 atom stereocenters. The Kier molecular flexibility index (Phi) is 5.85.